The van der Waals surface area contributed by atoms with Crippen molar-refractivity contribution in [2.24, 2.45) is 5.92 Å². The summed E-state index contributed by atoms with van der Waals surface area (Å²) < 4.78 is 5.29. The fourth-order valence-electron chi connectivity index (χ4n) is 5.53. The molecule has 0 spiro atoms. The smallest absolute Gasteiger partial charge is 0.322 e. The quantitative estimate of drug-likeness (QED) is 0.582. The minimum Gasteiger partial charge on any atom is -0.497 e. The molecule has 35 heavy (non-hydrogen) atoms. The van der Waals surface area contributed by atoms with E-state index in [9.17, 15) is 15.2 Å². The molecule has 0 saturated carbocycles. The molecule has 1 fully saturated rings. The van der Waals surface area contributed by atoms with Gasteiger partial charge in [-0.05, 0) is 59.5 Å². The number of benzene rings is 3. The second-order valence-corrected chi connectivity index (χ2v) is 9.08. The molecule has 3 aromatic rings. The monoisotopic (exact) mass is 468 g/mol. The Kier molecular flexibility index (Phi) is 6.06. The van der Waals surface area contributed by atoms with E-state index in [0.717, 1.165) is 28.8 Å². The number of nitrogens with one attached hydrogen (secondary N) is 1. The minimum atomic E-state index is -0.171. The lowest BCUT2D eigenvalue weighted by atomic mass is 9.81. The van der Waals surface area contributed by atoms with E-state index in [0.29, 0.717) is 23.5 Å². The third-order valence-corrected chi connectivity index (χ3v) is 7.26. The van der Waals surface area contributed by atoms with E-state index < -0.39 is 0 Å². The fourth-order valence-corrected chi connectivity index (χ4v) is 5.53. The lowest BCUT2D eigenvalue weighted by Crippen LogP contribution is -2.48. The minimum absolute atomic E-state index is 0.0222. The summed E-state index contributed by atoms with van der Waals surface area (Å²) in [6.45, 7) is 0.622. The molecule has 7 nitrogen and oxygen atoms in total. The SMILES string of the molecule is COc1cccc(NC(=O)N2CC[C@H]3[C@@H]2c2cc(-c4cccc(C#N)c4)ccc2N(C)[C@H]3CO)c1. The molecule has 3 aromatic carbocycles. The number of fused-ring (bicyclic) bond motifs is 3. The molecule has 3 atom stereocenters. The number of nitriles is 1. The van der Waals surface area contributed by atoms with Crippen LogP contribution in [0.3, 0.4) is 0 Å². The van der Waals surface area contributed by atoms with Gasteiger partial charge in [-0.3, -0.25) is 0 Å². The van der Waals surface area contributed by atoms with Crippen LogP contribution in [0.25, 0.3) is 11.1 Å². The number of likely N-dealkylation sites (tertiary alicyclic amines) is 1. The molecular formula is C28H28N4O3. The molecule has 2 amide bonds. The predicted octanol–water partition coefficient (Wildman–Crippen LogP) is 4.64. The van der Waals surface area contributed by atoms with Crippen LogP contribution in [0.2, 0.25) is 0 Å². The molecule has 2 heterocycles. The van der Waals surface area contributed by atoms with E-state index in [1.165, 1.54) is 0 Å². The van der Waals surface area contributed by atoms with Gasteiger partial charge < -0.3 is 25.0 Å². The number of nitrogens with zero attached hydrogens (tertiary/aromatic N) is 3. The summed E-state index contributed by atoms with van der Waals surface area (Å²) in [5.74, 6) is 0.783. The zero-order valence-electron chi connectivity index (χ0n) is 19.8. The normalized spacial score (nSPS) is 20.6. The average Bonchev–Trinajstić information content (AvgIpc) is 3.34. The van der Waals surface area contributed by atoms with E-state index in [-0.39, 0.29) is 30.6 Å². The van der Waals surface area contributed by atoms with Gasteiger partial charge in [0.05, 0.1) is 37.4 Å². The Morgan fingerprint density at radius 1 is 1.14 bits per heavy atom. The van der Waals surface area contributed by atoms with Crippen LogP contribution in [0.1, 0.15) is 23.6 Å². The van der Waals surface area contributed by atoms with Crippen LogP contribution in [-0.4, -0.2) is 49.4 Å². The Bertz CT molecular complexity index is 1300. The number of ether oxygens (including phenoxy) is 1. The summed E-state index contributed by atoms with van der Waals surface area (Å²) in [6, 6.07) is 22.9. The van der Waals surface area contributed by atoms with Gasteiger partial charge in [0.25, 0.3) is 0 Å². The molecule has 7 heteroatoms. The molecule has 5 rings (SSSR count). The van der Waals surface area contributed by atoms with Crippen molar-refractivity contribution in [2.75, 3.05) is 37.5 Å². The Morgan fingerprint density at radius 2 is 1.94 bits per heavy atom. The first-order valence-electron chi connectivity index (χ1n) is 11.7. The maximum atomic E-state index is 13.5. The van der Waals surface area contributed by atoms with Gasteiger partial charge in [0.1, 0.15) is 5.75 Å². The predicted molar refractivity (Wildman–Crippen MR) is 135 cm³/mol. The molecule has 0 aromatic heterocycles. The first kappa shape index (κ1) is 22.8. The second-order valence-electron chi connectivity index (χ2n) is 9.08. The standard InChI is InChI=1S/C28H28N4O3/c1-31-25-10-9-20(19-6-3-5-18(13-19)16-29)14-24(25)27-23(26(31)17-33)11-12-32(27)28(34)30-21-7-4-8-22(15-21)35-2/h3-10,13-15,23,26-27,33H,11-12,17H2,1-2H3,(H,30,34)/t23-,26+,27-/m1/s1. The largest absolute Gasteiger partial charge is 0.497 e. The van der Waals surface area contributed by atoms with Crippen LogP contribution in [-0.2, 0) is 0 Å². The van der Waals surface area contributed by atoms with Crippen molar-refractivity contribution in [2.45, 2.75) is 18.5 Å². The molecule has 2 aliphatic rings. The number of rotatable bonds is 4. The van der Waals surface area contributed by atoms with Gasteiger partial charge in [-0.1, -0.05) is 24.3 Å². The number of aliphatic hydroxyl groups is 1. The van der Waals surface area contributed by atoms with E-state index in [1.54, 1.807) is 19.2 Å². The fraction of sp³-hybridized carbons (Fsp3) is 0.286. The van der Waals surface area contributed by atoms with E-state index in [1.807, 2.05) is 54.4 Å². The number of anilines is 2. The molecule has 0 radical (unpaired) electrons. The van der Waals surface area contributed by atoms with Crippen molar-refractivity contribution in [3.63, 3.8) is 0 Å². The van der Waals surface area contributed by atoms with Gasteiger partial charge >= 0.3 is 6.03 Å². The van der Waals surface area contributed by atoms with Gasteiger partial charge in [0.15, 0.2) is 0 Å². The molecule has 2 N–H and O–H groups in total. The number of methoxy groups -OCH3 is 1. The molecule has 1 saturated heterocycles. The van der Waals surface area contributed by atoms with Crippen molar-refractivity contribution >= 4 is 17.4 Å². The Hall–Kier alpha value is -4.02. The third kappa shape index (κ3) is 4.07. The topological polar surface area (TPSA) is 88.8 Å². The molecule has 0 aliphatic carbocycles. The number of hydrogen-bond acceptors (Lipinski definition) is 5. The van der Waals surface area contributed by atoms with Crippen molar-refractivity contribution in [3.05, 3.63) is 77.9 Å². The number of aliphatic hydroxyl groups excluding tert-OH is 1. The maximum Gasteiger partial charge on any atom is 0.322 e. The Labute approximate surface area is 205 Å². The highest BCUT2D eigenvalue weighted by atomic mass is 16.5. The highest BCUT2D eigenvalue weighted by Gasteiger charge is 2.47. The third-order valence-electron chi connectivity index (χ3n) is 7.26. The Balaban J connectivity index is 1.53. The van der Waals surface area contributed by atoms with Crippen LogP contribution < -0.4 is 15.0 Å². The van der Waals surface area contributed by atoms with Crippen LogP contribution >= 0.6 is 0 Å². The van der Waals surface area contributed by atoms with Crippen LogP contribution in [0.5, 0.6) is 5.75 Å². The van der Waals surface area contributed by atoms with Gasteiger partial charge in [-0.2, -0.15) is 5.26 Å². The van der Waals surface area contributed by atoms with Gasteiger partial charge in [-0.15, -0.1) is 0 Å². The van der Waals surface area contributed by atoms with E-state index in [2.05, 4.69) is 28.4 Å². The molecular weight excluding hydrogens is 440 g/mol. The summed E-state index contributed by atoms with van der Waals surface area (Å²) in [5, 5.41) is 22.6. The summed E-state index contributed by atoms with van der Waals surface area (Å²) in [5.41, 5.74) is 5.30. The van der Waals surface area contributed by atoms with Crippen molar-refractivity contribution in [1.82, 2.24) is 4.90 Å². The summed E-state index contributed by atoms with van der Waals surface area (Å²) >= 11 is 0. The van der Waals surface area contributed by atoms with Gasteiger partial charge in [-0.25, -0.2) is 4.79 Å². The van der Waals surface area contributed by atoms with Crippen molar-refractivity contribution in [1.29, 1.82) is 5.26 Å². The molecule has 2 aliphatic heterocycles. The highest BCUT2D eigenvalue weighted by Crippen LogP contribution is 2.49. The van der Waals surface area contributed by atoms with Gasteiger partial charge in [0, 0.05) is 37.0 Å². The zero-order chi connectivity index (χ0) is 24.5. The van der Waals surface area contributed by atoms with E-state index >= 15 is 0 Å². The van der Waals surface area contributed by atoms with Crippen molar-refractivity contribution in [3.8, 4) is 22.9 Å². The average molecular weight is 469 g/mol. The molecule has 0 unspecified atom stereocenters. The van der Waals surface area contributed by atoms with Crippen LogP contribution in [0, 0.1) is 17.2 Å². The molecule has 0 bridgehead atoms. The number of urea groups is 1. The number of hydrogen-bond donors (Lipinski definition) is 2. The van der Waals surface area contributed by atoms with Crippen molar-refractivity contribution < 1.29 is 14.6 Å². The number of likely N-dealkylation sites (N-methyl/N-ethyl adjacent to an activating group) is 1. The highest BCUT2D eigenvalue weighted by molar-refractivity contribution is 5.90. The summed E-state index contributed by atoms with van der Waals surface area (Å²) in [7, 11) is 3.60. The Morgan fingerprint density at radius 3 is 2.71 bits per heavy atom. The zero-order valence-corrected chi connectivity index (χ0v) is 19.8. The number of carbonyl (C=O) groups is 1. The first-order valence-corrected chi connectivity index (χ1v) is 11.7. The van der Waals surface area contributed by atoms with Gasteiger partial charge in [0.2, 0.25) is 0 Å². The molecule has 178 valence electrons. The maximum absolute atomic E-state index is 13.5. The lowest BCUT2D eigenvalue weighted by Gasteiger charge is -2.44. The number of amides is 2. The van der Waals surface area contributed by atoms with E-state index in [4.69, 9.17) is 4.74 Å². The number of carbonyl (C=O) groups excluding carboxylic acids is 1. The summed E-state index contributed by atoms with van der Waals surface area (Å²) in [6.07, 6.45) is 0.805. The first-order chi connectivity index (χ1) is 17.0. The van der Waals surface area contributed by atoms with Crippen LogP contribution in [0.4, 0.5) is 16.2 Å². The lowest BCUT2D eigenvalue weighted by molar-refractivity contribution is 0.168. The van der Waals surface area contributed by atoms with Crippen LogP contribution in [0.15, 0.2) is 66.7 Å². The second kappa shape index (κ2) is 9.32. The summed E-state index contributed by atoms with van der Waals surface area (Å²) in [4.78, 5) is 17.5.